The van der Waals surface area contributed by atoms with Crippen LogP contribution in [0.2, 0.25) is 0 Å². The van der Waals surface area contributed by atoms with Crippen LogP contribution < -0.4 is 10.5 Å². The molecule has 2 N–H and O–H groups in total. The van der Waals surface area contributed by atoms with Gasteiger partial charge in [-0.3, -0.25) is 9.78 Å². The molecule has 0 aromatic carbocycles. The lowest BCUT2D eigenvalue weighted by atomic mass is 10.1. The van der Waals surface area contributed by atoms with Gasteiger partial charge in [0.2, 0.25) is 0 Å². The number of pyridine rings is 1. The van der Waals surface area contributed by atoms with Crippen LogP contribution in [0.25, 0.3) is 0 Å². The summed E-state index contributed by atoms with van der Waals surface area (Å²) in [6, 6.07) is 1.12. The first-order chi connectivity index (χ1) is 7.17. The zero-order valence-corrected chi connectivity index (χ0v) is 11.2. The molecule has 0 unspecified atom stereocenters. The molecule has 0 aliphatic heterocycles. The number of carbonyl (C=O) groups excluding carboxylic acids is 1. The Morgan fingerprint density at radius 1 is 1.41 bits per heavy atom. The molecular formula is C10H16Cl2N2O3. The average molecular weight is 283 g/mol. The van der Waals surface area contributed by atoms with Crippen molar-refractivity contribution in [3.8, 4) is 5.75 Å². The number of esters is 1. The van der Waals surface area contributed by atoms with E-state index in [0.29, 0.717) is 12.2 Å². The third-order valence-electron chi connectivity index (χ3n) is 1.97. The van der Waals surface area contributed by atoms with E-state index in [-0.39, 0.29) is 24.8 Å². The van der Waals surface area contributed by atoms with Gasteiger partial charge in [-0.2, -0.15) is 0 Å². The largest absolute Gasteiger partial charge is 0.495 e. The third kappa shape index (κ3) is 5.72. The highest BCUT2D eigenvalue weighted by atomic mass is 35.5. The molecule has 1 aromatic rings. The fourth-order valence-electron chi connectivity index (χ4n) is 1.18. The van der Waals surface area contributed by atoms with Gasteiger partial charge in [0.05, 0.1) is 20.4 Å². The molecule has 0 saturated heterocycles. The second kappa shape index (κ2) is 9.04. The van der Waals surface area contributed by atoms with Gasteiger partial charge in [-0.05, 0) is 18.1 Å². The van der Waals surface area contributed by atoms with Gasteiger partial charge in [-0.25, -0.2) is 0 Å². The van der Waals surface area contributed by atoms with Crippen molar-refractivity contribution in [2.75, 3.05) is 14.2 Å². The second-order valence-corrected chi connectivity index (χ2v) is 3.07. The quantitative estimate of drug-likeness (QED) is 0.834. The van der Waals surface area contributed by atoms with Crippen LogP contribution in [0.5, 0.6) is 5.75 Å². The van der Waals surface area contributed by atoms with Crippen molar-refractivity contribution in [3.05, 3.63) is 24.0 Å². The Kier molecular flexibility index (Phi) is 9.74. The summed E-state index contributed by atoms with van der Waals surface area (Å²) in [6.07, 6.45) is 3.62. The van der Waals surface area contributed by atoms with Crippen LogP contribution in [0.1, 0.15) is 5.56 Å². The van der Waals surface area contributed by atoms with Gasteiger partial charge in [0, 0.05) is 6.20 Å². The molecule has 0 radical (unpaired) electrons. The molecule has 0 aliphatic carbocycles. The minimum absolute atomic E-state index is 0. The maximum absolute atomic E-state index is 11.1. The van der Waals surface area contributed by atoms with E-state index in [1.54, 1.807) is 25.6 Å². The zero-order valence-electron chi connectivity index (χ0n) is 9.58. The lowest BCUT2D eigenvalue weighted by Crippen LogP contribution is -2.33. The van der Waals surface area contributed by atoms with E-state index in [1.807, 2.05) is 0 Å². The van der Waals surface area contributed by atoms with Crippen LogP contribution in [0.3, 0.4) is 0 Å². The van der Waals surface area contributed by atoms with Gasteiger partial charge in [0.25, 0.3) is 0 Å². The fourth-order valence-corrected chi connectivity index (χ4v) is 1.18. The molecule has 0 fully saturated rings. The number of hydrogen-bond acceptors (Lipinski definition) is 5. The summed E-state index contributed by atoms with van der Waals surface area (Å²) in [6.45, 7) is 0. The maximum Gasteiger partial charge on any atom is 0.322 e. The van der Waals surface area contributed by atoms with Crippen molar-refractivity contribution in [3.63, 3.8) is 0 Å². The van der Waals surface area contributed by atoms with E-state index < -0.39 is 12.0 Å². The molecular weight excluding hydrogens is 267 g/mol. The molecule has 0 spiro atoms. The molecule has 7 heteroatoms. The number of halogens is 2. The molecule has 0 saturated carbocycles. The predicted molar refractivity (Wildman–Crippen MR) is 69.0 cm³/mol. The van der Waals surface area contributed by atoms with Crippen molar-refractivity contribution < 1.29 is 14.3 Å². The van der Waals surface area contributed by atoms with Crippen molar-refractivity contribution in [2.45, 2.75) is 12.5 Å². The van der Waals surface area contributed by atoms with Gasteiger partial charge in [0.15, 0.2) is 0 Å². The number of aromatic nitrogens is 1. The average Bonchev–Trinajstić information content (AvgIpc) is 2.28. The van der Waals surface area contributed by atoms with E-state index in [2.05, 4.69) is 9.72 Å². The number of hydrogen-bond donors (Lipinski definition) is 1. The Balaban J connectivity index is 0. The number of nitrogens with two attached hydrogens (primary N) is 1. The second-order valence-electron chi connectivity index (χ2n) is 3.07. The van der Waals surface area contributed by atoms with Crippen LogP contribution in [0.15, 0.2) is 18.5 Å². The van der Waals surface area contributed by atoms with Crippen molar-refractivity contribution in [1.82, 2.24) is 4.98 Å². The summed E-state index contributed by atoms with van der Waals surface area (Å²) in [4.78, 5) is 15.0. The highest BCUT2D eigenvalue weighted by Crippen LogP contribution is 2.11. The summed E-state index contributed by atoms with van der Waals surface area (Å²) in [5.74, 6) is 0.211. The zero-order chi connectivity index (χ0) is 11.3. The maximum atomic E-state index is 11.1. The molecule has 0 bridgehead atoms. The Morgan fingerprint density at radius 2 is 2.06 bits per heavy atom. The lowest BCUT2D eigenvalue weighted by Gasteiger charge is -2.09. The number of carbonyl (C=O) groups is 1. The van der Waals surface area contributed by atoms with Gasteiger partial charge in [-0.15, -0.1) is 24.8 Å². The standard InChI is InChI=1S/C10H14N2O3.2ClH/c1-14-8-3-7(5-12-6-8)4-9(11)10(13)15-2;;/h3,5-6,9H,4,11H2,1-2H3;2*1H/t9-;;/m1../s1. The summed E-state index contributed by atoms with van der Waals surface area (Å²) < 4.78 is 9.53. The number of ether oxygens (including phenoxy) is 2. The van der Waals surface area contributed by atoms with Crippen LogP contribution in [-0.4, -0.2) is 31.2 Å². The molecule has 98 valence electrons. The monoisotopic (exact) mass is 282 g/mol. The SMILES string of the molecule is COC(=O)[C@H](N)Cc1cncc(OC)c1.Cl.Cl. The van der Waals surface area contributed by atoms with Crippen molar-refractivity contribution in [2.24, 2.45) is 5.73 Å². The minimum Gasteiger partial charge on any atom is -0.495 e. The Morgan fingerprint density at radius 3 is 2.59 bits per heavy atom. The first kappa shape index (κ1) is 18.3. The topological polar surface area (TPSA) is 74.4 Å². The Hall–Kier alpha value is -1.04. The summed E-state index contributed by atoms with van der Waals surface area (Å²) >= 11 is 0. The van der Waals surface area contributed by atoms with Crippen LogP contribution >= 0.6 is 24.8 Å². The molecule has 1 rings (SSSR count). The summed E-state index contributed by atoms with van der Waals surface area (Å²) in [7, 11) is 2.87. The molecule has 1 aromatic heterocycles. The van der Waals surface area contributed by atoms with Gasteiger partial charge >= 0.3 is 5.97 Å². The third-order valence-corrected chi connectivity index (χ3v) is 1.97. The van der Waals surface area contributed by atoms with Crippen LogP contribution in [0, 0.1) is 0 Å². The highest BCUT2D eigenvalue weighted by Gasteiger charge is 2.14. The van der Waals surface area contributed by atoms with Crippen molar-refractivity contribution >= 4 is 30.8 Å². The van der Waals surface area contributed by atoms with Gasteiger partial charge < -0.3 is 15.2 Å². The number of nitrogens with zero attached hydrogens (tertiary/aromatic N) is 1. The number of rotatable bonds is 4. The van der Waals surface area contributed by atoms with E-state index >= 15 is 0 Å². The van der Waals surface area contributed by atoms with Crippen LogP contribution in [-0.2, 0) is 16.0 Å². The molecule has 1 atom stereocenters. The van der Waals surface area contributed by atoms with E-state index in [9.17, 15) is 4.79 Å². The predicted octanol–water partition coefficient (Wildman–Crippen LogP) is 0.977. The normalized spacial score (nSPS) is 10.5. The van der Waals surface area contributed by atoms with Gasteiger partial charge in [-0.1, -0.05) is 0 Å². The molecule has 0 aliphatic rings. The number of methoxy groups -OCH3 is 2. The molecule has 0 amide bonds. The fraction of sp³-hybridized carbons (Fsp3) is 0.400. The first-order valence-electron chi connectivity index (χ1n) is 4.48. The Bertz CT molecular complexity index is 350. The van der Waals surface area contributed by atoms with Crippen molar-refractivity contribution in [1.29, 1.82) is 0 Å². The summed E-state index contributed by atoms with van der Waals surface area (Å²) in [5.41, 5.74) is 6.45. The summed E-state index contributed by atoms with van der Waals surface area (Å²) in [5, 5.41) is 0. The molecule has 1 heterocycles. The smallest absolute Gasteiger partial charge is 0.322 e. The van der Waals surface area contributed by atoms with E-state index in [1.165, 1.54) is 7.11 Å². The van der Waals surface area contributed by atoms with E-state index in [4.69, 9.17) is 10.5 Å². The van der Waals surface area contributed by atoms with Gasteiger partial charge in [0.1, 0.15) is 11.8 Å². The van der Waals surface area contributed by atoms with E-state index in [0.717, 1.165) is 5.56 Å². The van der Waals surface area contributed by atoms with Crippen LogP contribution in [0.4, 0.5) is 0 Å². The first-order valence-corrected chi connectivity index (χ1v) is 4.48. The lowest BCUT2D eigenvalue weighted by molar-refractivity contribution is -0.142. The highest BCUT2D eigenvalue weighted by molar-refractivity contribution is 5.85. The molecule has 17 heavy (non-hydrogen) atoms. The Labute approximate surface area is 113 Å². The molecule has 5 nitrogen and oxygen atoms in total. The minimum atomic E-state index is -0.663.